The number of nitrogens with zero attached hydrogens (tertiary/aromatic N) is 1. The second-order valence-electron chi connectivity index (χ2n) is 5.13. The number of morpholine rings is 1. The van der Waals surface area contributed by atoms with Gasteiger partial charge in [0, 0.05) is 6.54 Å². The highest BCUT2D eigenvalue weighted by Crippen LogP contribution is 2.25. The highest BCUT2D eigenvalue weighted by Gasteiger charge is 2.40. The lowest BCUT2D eigenvalue weighted by Crippen LogP contribution is -2.58. The molecule has 0 aromatic heterocycles. The van der Waals surface area contributed by atoms with Crippen LogP contribution in [0.5, 0.6) is 0 Å². The summed E-state index contributed by atoms with van der Waals surface area (Å²) in [6.07, 6.45) is 1.62. The van der Waals surface area contributed by atoms with Gasteiger partial charge in [-0.25, -0.2) is 8.42 Å². The lowest BCUT2D eigenvalue weighted by atomic mass is 10.1. The molecule has 1 saturated heterocycles. The van der Waals surface area contributed by atoms with Gasteiger partial charge in [0.25, 0.3) is 0 Å². The number of ether oxygens (including phenoxy) is 1. The van der Waals surface area contributed by atoms with E-state index in [4.69, 9.17) is 4.74 Å². The maximum atomic E-state index is 12.2. The van der Waals surface area contributed by atoms with E-state index in [-0.39, 0.29) is 11.9 Å². The third-order valence-electron chi connectivity index (χ3n) is 2.91. The largest absolute Gasteiger partial charge is 0.375 e. The van der Waals surface area contributed by atoms with Crippen LogP contribution in [-0.4, -0.2) is 43.3 Å². The number of hydrogen-bond donors (Lipinski definition) is 0. The Morgan fingerprint density at radius 2 is 2.06 bits per heavy atom. The molecule has 1 aliphatic rings. The fourth-order valence-corrected chi connectivity index (χ4v) is 4.00. The molecule has 1 heterocycles. The van der Waals surface area contributed by atoms with Crippen molar-refractivity contribution < 1.29 is 13.2 Å². The Morgan fingerprint density at radius 1 is 1.44 bits per heavy atom. The smallest absolute Gasteiger partial charge is 0.214 e. The molecule has 0 spiro atoms. The van der Waals surface area contributed by atoms with Crippen molar-refractivity contribution >= 4 is 10.0 Å². The van der Waals surface area contributed by atoms with E-state index in [9.17, 15) is 8.42 Å². The molecule has 0 aromatic carbocycles. The topological polar surface area (TPSA) is 46.6 Å². The van der Waals surface area contributed by atoms with E-state index in [1.54, 1.807) is 4.31 Å². The first kappa shape index (κ1) is 13.9. The molecule has 4 nitrogen and oxygen atoms in total. The summed E-state index contributed by atoms with van der Waals surface area (Å²) in [5.41, 5.74) is -0.418. The zero-order chi connectivity index (χ0) is 12.4. The van der Waals surface area contributed by atoms with Gasteiger partial charge in [-0.2, -0.15) is 4.31 Å². The van der Waals surface area contributed by atoms with Gasteiger partial charge >= 0.3 is 0 Å². The minimum atomic E-state index is -3.13. The van der Waals surface area contributed by atoms with Crippen LogP contribution < -0.4 is 0 Å². The zero-order valence-corrected chi connectivity index (χ0v) is 11.5. The molecular weight excluding hydrogens is 226 g/mol. The molecule has 1 aliphatic heterocycles. The van der Waals surface area contributed by atoms with Crippen LogP contribution in [0, 0.1) is 0 Å². The minimum absolute atomic E-state index is 0.00979. The van der Waals surface area contributed by atoms with Crippen molar-refractivity contribution in [3.8, 4) is 0 Å². The minimum Gasteiger partial charge on any atom is -0.375 e. The summed E-state index contributed by atoms with van der Waals surface area (Å²) in [5, 5.41) is 0. The monoisotopic (exact) mass is 249 g/mol. The highest BCUT2D eigenvalue weighted by molar-refractivity contribution is 7.89. The lowest BCUT2D eigenvalue weighted by molar-refractivity contribution is -0.0550. The van der Waals surface area contributed by atoms with E-state index < -0.39 is 15.6 Å². The quantitative estimate of drug-likeness (QED) is 0.760. The highest BCUT2D eigenvalue weighted by atomic mass is 32.2. The van der Waals surface area contributed by atoms with Gasteiger partial charge in [-0.3, -0.25) is 0 Å². The Morgan fingerprint density at radius 3 is 2.62 bits per heavy atom. The molecule has 0 aliphatic carbocycles. The Labute approximate surface area is 99.0 Å². The number of unbranched alkanes of at least 4 members (excludes halogenated alkanes) is 1. The van der Waals surface area contributed by atoms with Gasteiger partial charge < -0.3 is 4.74 Å². The number of rotatable bonds is 4. The molecule has 96 valence electrons. The zero-order valence-electron chi connectivity index (χ0n) is 10.7. The van der Waals surface area contributed by atoms with Crippen LogP contribution in [0.4, 0.5) is 0 Å². The van der Waals surface area contributed by atoms with Crippen molar-refractivity contribution in [3.05, 3.63) is 0 Å². The standard InChI is InChI=1S/C11H23NO3S/c1-5-6-7-16(13,14)12-8-10(2)15-9-11(12,3)4/h10H,5-9H2,1-4H3. The second-order valence-corrected chi connectivity index (χ2v) is 7.15. The van der Waals surface area contributed by atoms with E-state index in [1.165, 1.54) is 0 Å². The molecule has 0 radical (unpaired) electrons. The van der Waals surface area contributed by atoms with Crippen molar-refractivity contribution in [2.24, 2.45) is 0 Å². The van der Waals surface area contributed by atoms with Gasteiger partial charge in [-0.15, -0.1) is 0 Å². The van der Waals surface area contributed by atoms with Gasteiger partial charge in [-0.1, -0.05) is 13.3 Å². The molecule has 0 aromatic rings. The molecule has 1 atom stereocenters. The maximum absolute atomic E-state index is 12.2. The fourth-order valence-electron chi connectivity index (χ4n) is 1.88. The van der Waals surface area contributed by atoms with Gasteiger partial charge in [-0.05, 0) is 27.2 Å². The van der Waals surface area contributed by atoms with Gasteiger partial charge in [0.15, 0.2) is 0 Å². The molecule has 5 heteroatoms. The van der Waals surface area contributed by atoms with Crippen molar-refractivity contribution in [3.63, 3.8) is 0 Å². The van der Waals surface area contributed by atoms with Crippen LogP contribution in [-0.2, 0) is 14.8 Å². The first-order valence-corrected chi connectivity index (χ1v) is 7.52. The van der Waals surface area contributed by atoms with E-state index in [0.29, 0.717) is 13.2 Å². The van der Waals surface area contributed by atoms with Crippen LogP contribution in [0.15, 0.2) is 0 Å². The lowest BCUT2D eigenvalue weighted by Gasteiger charge is -2.43. The number of sulfonamides is 1. The van der Waals surface area contributed by atoms with Crippen LogP contribution in [0.1, 0.15) is 40.5 Å². The molecule has 1 fully saturated rings. The molecule has 0 amide bonds. The van der Waals surface area contributed by atoms with E-state index in [1.807, 2.05) is 27.7 Å². The van der Waals surface area contributed by atoms with E-state index in [2.05, 4.69) is 0 Å². The predicted octanol–water partition coefficient (Wildman–Crippen LogP) is 1.62. The van der Waals surface area contributed by atoms with E-state index in [0.717, 1.165) is 12.8 Å². The molecule has 1 unspecified atom stereocenters. The predicted molar refractivity (Wildman–Crippen MR) is 64.9 cm³/mol. The summed E-state index contributed by atoms with van der Waals surface area (Å²) >= 11 is 0. The first-order chi connectivity index (χ1) is 7.29. The van der Waals surface area contributed by atoms with Crippen LogP contribution in [0.3, 0.4) is 0 Å². The van der Waals surface area contributed by atoms with Crippen molar-refractivity contribution in [1.29, 1.82) is 0 Å². The van der Waals surface area contributed by atoms with Crippen molar-refractivity contribution in [2.75, 3.05) is 18.9 Å². The summed E-state index contributed by atoms with van der Waals surface area (Å²) < 4.78 is 31.5. The summed E-state index contributed by atoms with van der Waals surface area (Å²) in [4.78, 5) is 0. The Bertz CT molecular complexity index is 324. The average molecular weight is 249 g/mol. The Hall–Kier alpha value is -0.130. The molecule has 0 saturated carbocycles. The number of hydrogen-bond acceptors (Lipinski definition) is 3. The fraction of sp³-hybridized carbons (Fsp3) is 1.00. The molecule has 0 N–H and O–H groups in total. The Balaban J connectivity index is 2.82. The van der Waals surface area contributed by atoms with Gasteiger partial charge in [0.2, 0.25) is 10.0 Å². The first-order valence-electron chi connectivity index (χ1n) is 5.92. The Kier molecular flexibility index (Phi) is 4.37. The van der Waals surface area contributed by atoms with Gasteiger partial charge in [0.1, 0.15) is 0 Å². The average Bonchev–Trinajstić information content (AvgIpc) is 2.19. The molecule has 16 heavy (non-hydrogen) atoms. The summed E-state index contributed by atoms with van der Waals surface area (Å²) in [7, 11) is -3.13. The SMILES string of the molecule is CCCCS(=O)(=O)N1CC(C)OCC1(C)C. The van der Waals surface area contributed by atoms with Gasteiger partial charge in [0.05, 0.1) is 24.0 Å². The third kappa shape index (κ3) is 3.18. The summed E-state index contributed by atoms with van der Waals surface area (Å²) in [6, 6.07) is 0. The maximum Gasteiger partial charge on any atom is 0.214 e. The van der Waals surface area contributed by atoms with Crippen molar-refractivity contribution in [2.45, 2.75) is 52.2 Å². The molecule has 1 rings (SSSR count). The van der Waals surface area contributed by atoms with Crippen molar-refractivity contribution in [1.82, 2.24) is 4.31 Å². The van der Waals surface area contributed by atoms with Crippen LogP contribution in [0.2, 0.25) is 0 Å². The molecular formula is C11H23NO3S. The summed E-state index contributed by atoms with van der Waals surface area (Å²) in [5.74, 6) is 0.250. The third-order valence-corrected chi connectivity index (χ3v) is 5.03. The summed E-state index contributed by atoms with van der Waals surface area (Å²) in [6.45, 7) is 8.70. The molecule has 0 bridgehead atoms. The second kappa shape index (κ2) is 5.02. The van der Waals surface area contributed by atoms with Crippen LogP contribution in [0.25, 0.3) is 0 Å². The normalized spacial score (nSPS) is 26.9. The van der Waals surface area contributed by atoms with E-state index >= 15 is 0 Å². The van der Waals surface area contributed by atoms with Crippen LogP contribution >= 0.6 is 0 Å².